The van der Waals surface area contributed by atoms with E-state index >= 15 is 0 Å². The molecule has 2 aliphatic rings. The molecule has 112 valence electrons. The molecule has 0 aromatic carbocycles. The Morgan fingerprint density at radius 3 is 3.05 bits per heavy atom. The Morgan fingerprint density at radius 1 is 1.40 bits per heavy atom. The highest BCUT2D eigenvalue weighted by Gasteiger charge is 2.34. The molecule has 1 aromatic rings. The first-order valence-electron chi connectivity index (χ1n) is 7.88. The van der Waals surface area contributed by atoms with Gasteiger partial charge >= 0.3 is 0 Å². The highest BCUT2D eigenvalue weighted by atomic mass is 16.3. The van der Waals surface area contributed by atoms with E-state index < -0.39 is 0 Å². The predicted octanol–water partition coefficient (Wildman–Crippen LogP) is 1.98. The van der Waals surface area contributed by atoms with Crippen LogP contribution in [0.3, 0.4) is 0 Å². The van der Waals surface area contributed by atoms with Crippen molar-refractivity contribution in [3.8, 4) is 0 Å². The van der Waals surface area contributed by atoms with Gasteiger partial charge in [-0.2, -0.15) is 0 Å². The van der Waals surface area contributed by atoms with Gasteiger partial charge in [0.25, 0.3) is 0 Å². The molecule has 2 saturated heterocycles. The molecule has 0 saturated carbocycles. The van der Waals surface area contributed by atoms with E-state index in [-0.39, 0.29) is 0 Å². The van der Waals surface area contributed by atoms with E-state index in [0.717, 1.165) is 30.7 Å². The molecular formula is C16H27N3O. The lowest BCUT2D eigenvalue weighted by molar-refractivity contribution is 0.0537. The molecule has 0 spiro atoms. The summed E-state index contributed by atoms with van der Waals surface area (Å²) in [5.74, 6) is 2.13. The molecule has 0 amide bonds. The number of nitrogens with zero attached hydrogens (tertiary/aromatic N) is 2. The average Bonchev–Trinajstić information content (AvgIpc) is 2.98. The van der Waals surface area contributed by atoms with Crippen LogP contribution in [-0.4, -0.2) is 48.6 Å². The van der Waals surface area contributed by atoms with E-state index in [4.69, 9.17) is 4.42 Å². The molecule has 1 N–H and O–H groups in total. The van der Waals surface area contributed by atoms with Crippen LogP contribution in [0.25, 0.3) is 0 Å². The van der Waals surface area contributed by atoms with Gasteiger partial charge in [-0.3, -0.25) is 9.80 Å². The Bertz CT molecular complexity index is 457. The molecule has 3 rings (SSSR count). The van der Waals surface area contributed by atoms with Crippen molar-refractivity contribution >= 4 is 0 Å². The largest absolute Gasteiger partial charge is 0.465 e. The molecule has 2 fully saturated rings. The third-order valence-electron chi connectivity index (χ3n) is 4.86. The third kappa shape index (κ3) is 2.78. The van der Waals surface area contributed by atoms with E-state index in [0.29, 0.717) is 6.04 Å². The first-order chi connectivity index (χ1) is 9.67. The number of hydrogen-bond acceptors (Lipinski definition) is 4. The molecule has 2 atom stereocenters. The van der Waals surface area contributed by atoms with Crippen molar-refractivity contribution in [1.82, 2.24) is 15.1 Å². The minimum Gasteiger partial charge on any atom is -0.465 e. The zero-order valence-electron chi connectivity index (χ0n) is 13.0. The summed E-state index contributed by atoms with van der Waals surface area (Å²) < 4.78 is 5.82. The first-order valence-corrected chi connectivity index (χ1v) is 7.88. The Balaban J connectivity index is 1.67. The maximum absolute atomic E-state index is 5.82. The minimum atomic E-state index is 0.645. The summed E-state index contributed by atoms with van der Waals surface area (Å²) in [6.45, 7) is 10.0. The second-order valence-corrected chi connectivity index (χ2v) is 6.39. The van der Waals surface area contributed by atoms with E-state index in [1.807, 2.05) is 7.05 Å². The highest BCUT2D eigenvalue weighted by Crippen LogP contribution is 2.26. The summed E-state index contributed by atoms with van der Waals surface area (Å²) >= 11 is 0. The summed E-state index contributed by atoms with van der Waals surface area (Å²) in [6, 6.07) is 3.65. The summed E-state index contributed by atoms with van der Waals surface area (Å²) in [5.41, 5.74) is 1.36. The van der Waals surface area contributed by atoms with Gasteiger partial charge in [-0.15, -0.1) is 0 Å². The van der Waals surface area contributed by atoms with Crippen LogP contribution in [0, 0.1) is 6.92 Å². The van der Waals surface area contributed by atoms with Crippen molar-refractivity contribution in [2.75, 3.05) is 26.7 Å². The average molecular weight is 277 g/mol. The molecule has 4 heteroatoms. The fraction of sp³-hybridized carbons (Fsp3) is 0.750. The van der Waals surface area contributed by atoms with Gasteiger partial charge in [0.2, 0.25) is 0 Å². The Kier molecular flexibility index (Phi) is 4.15. The number of aryl methyl sites for hydroxylation is 1. The van der Waals surface area contributed by atoms with Gasteiger partial charge in [0, 0.05) is 37.3 Å². The van der Waals surface area contributed by atoms with Crippen LogP contribution in [0.5, 0.6) is 0 Å². The fourth-order valence-electron chi connectivity index (χ4n) is 3.69. The van der Waals surface area contributed by atoms with Gasteiger partial charge in [-0.1, -0.05) is 0 Å². The minimum absolute atomic E-state index is 0.645. The summed E-state index contributed by atoms with van der Waals surface area (Å²) in [5, 5.41) is 3.15. The summed E-state index contributed by atoms with van der Waals surface area (Å²) in [7, 11) is 1.96. The van der Waals surface area contributed by atoms with E-state index in [2.05, 4.69) is 35.0 Å². The topological polar surface area (TPSA) is 31.6 Å². The van der Waals surface area contributed by atoms with Gasteiger partial charge in [0.05, 0.1) is 6.54 Å². The molecule has 0 aliphatic carbocycles. The molecule has 1 aromatic heterocycles. The standard InChI is InChI=1S/C16H27N3O/c1-12-9-18-6-4-5-15(18)11-19(12)10-14-7-16(8-17-3)20-13(14)2/h7,12,15,17H,4-6,8-11H2,1-3H3. The van der Waals surface area contributed by atoms with Gasteiger partial charge in [-0.05, 0) is 46.3 Å². The molecule has 2 aliphatic heterocycles. The molecule has 0 bridgehead atoms. The van der Waals surface area contributed by atoms with Crippen molar-refractivity contribution in [3.05, 3.63) is 23.2 Å². The first kappa shape index (κ1) is 14.1. The van der Waals surface area contributed by atoms with E-state index in [1.54, 1.807) is 0 Å². The second-order valence-electron chi connectivity index (χ2n) is 6.39. The summed E-state index contributed by atoms with van der Waals surface area (Å²) in [4.78, 5) is 5.31. The van der Waals surface area contributed by atoms with Crippen LogP contribution in [0.2, 0.25) is 0 Å². The van der Waals surface area contributed by atoms with Crippen LogP contribution in [0.1, 0.15) is 36.8 Å². The fourth-order valence-corrected chi connectivity index (χ4v) is 3.69. The molecular weight excluding hydrogens is 250 g/mol. The molecule has 3 heterocycles. The van der Waals surface area contributed by atoms with Gasteiger partial charge in [0.15, 0.2) is 0 Å². The Hall–Kier alpha value is -0.840. The maximum Gasteiger partial charge on any atom is 0.118 e. The maximum atomic E-state index is 5.82. The number of piperazine rings is 1. The predicted molar refractivity (Wildman–Crippen MR) is 80.7 cm³/mol. The lowest BCUT2D eigenvalue weighted by atomic mass is 10.1. The van der Waals surface area contributed by atoms with E-state index in [1.165, 1.54) is 38.0 Å². The van der Waals surface area contributed by atoms with Gasteiger partial charge < -0.3 is 9.73 Å². The molecule has 2 unspecified atom stereocenters. The van der Waals surface area contributed by atoms with Crippen molar-refractivity contribution < 1.29 is 4.42 Å². The normalized spacial score (nSPS) is 27.9. The zero-order valence-corrected chi connectivity index (χ0v) is 13.0. The molecule has 4 nitrogen and oxygen atoms in total. The van der Waals surface area contributed by atoms with Crippen LogP contribution in [0.4, 0.5) is 0 Å². The van der Waals surface area contributed by atoms with Crippen LogP contribution < -0.4 is 5.32 Å². The summed E-state index contributed by atoms with van der Waals surface area (Å²) in [6.07, 6.45) is 2.75. The second kappa shape index (κ2) is 5.88. The third-order valence-corrected chi connectivity index (χ3v) is 4.86. The SMILES string of the molecule is CNCc1cc(CN2CC3CCCN3CC2C)c(C)o1. The van der Waals surface area contributed by atoms with Gasteiger partial charge in [-0.25, -0.2) is 0 Å². The smallest absolute Gasteiger partial charge is 0.118 e. The number of nitrogens with one attached hydrogen (secondary N) is 1. The number of furan rings is 1. The number of fused-ring (bicyclic) bond motifs is 1. The van der Waals surface area contributed by atoms with Crippen molar-refractivity contribution in [2.24, 2.45) is 0 Å². The number of hydrogen-bond donors (Lipinski definition) is 1. The molecule has 0 radical (unpaired) electrons. The lowest BCUT2D eigenvalue weighted by Crippen LogP contribution is -2.54. The highest BCUT2D eigenvalue weighted by molar-refractivity contribution is 5.21. The molecule has 20 heavy (non-hydrogen) atoms. The van der Waals surface area contributed by atoms with E-state index in [9.17, 15) is 0 Å². The van der Waals surface area contributed by atoms with Gasteiger partial charge in [0.1, 0.15) is 11.5 Å². The Morgan fingerprint density at radius 2 is 2.25 bits per heavy atom. The number of rotatable bonds is 4. The quantitative estimate of drug-likeness (QED) is 0.912. The zero-order chi connectivity index (χ0) is 14.1. The van der Waals surface area contributed by atoms with Crippen molar-refractivity contribution in [3.63, 3.8) is 0 Å². The van der Waals surface area contributed by atoms with Crippen LogP contribution in [0.15, 0.2) is 10.5 Å². The van der Waals surface area contributed by atoms with Crippen LogP contribution >= 0.6 is 0 Å². The van der Waals surface area contributed by atoms with Crippen molar-refractivity contribution in [1.29, 1.82) is 0 Å². The monoisotopic (exact) mass is 277 g/mol. The Labute approximate surface area is 122 Å². The van der Waals surface area contributed by atoms with Crippen LogP contribution in [-0.2, 0) is 13.1 Å². The van der Waals surface area contributed by atoms with Crippen molar-refractivity contribution in [2.45, 2.75) is 51.9 Å². The lowest BCUT2D eigenvalue weighted by Gasteiger charge is -2.42.